The van der Waals surface area contributed by atoms with Gasteiger partial charge in [-0.1, -0.05) is 11.6 Å². The highest BCUT2D eigenvalue weighted by Crippen LogP contribution is 2.28. The number of carbonyl (C=O) groups excluding carboxylic acids is 1. The van der Waals surface area contributed by atoms with Gasteiger partial charge >= 0.3 is 5.97 Å². The minimum Gasteiger partial charge on any atom is -0.465 e. The van der Waals surface area contributed by atoms with E-state index in [1.54, 1.807) is 7.05 Å². The highest BCUT2D eigenvalue weighted by molar-refractivity contribution is 7.89. The Morgan fingerprint density at radius 3 is 2.82 bits per heavy atom. The van der Waals surface area contributed by atoms with Gasteiger partial charge in [0.25, 0.3) is 0 Å². The average Bonchev–Trinajstić information content (AvgIpc) is 2.95. The largest absolute Gasteiger partial charge is 0.465 e. The first kappa shape index (κ1) is 17.2. The summed E-state index contributed by atoms with van der Waals surface area (Å²) in [5, 5.41) is 3.19. The van der Waals surface area contributed by atoms with Crippen LogP contribution < -0.4 is 5.32 Å². The van der Waals surface area contributed by atoms with Gasteiger partial charge in [-0.05, 0) is 38.1 Å². The molecule has 0 radical (unpaired) electrons. The van der Waals surface area contributed by atoms with Crippen LogP contribution in [0.1, 0.15) is 23.2 Å². The lowest BCUT2D eigenvalue weighted by Gasteiger charge is -2.24. The van der Waals surface area contributed by atoms with Gasteiger partial charge in [-0.15, -0.1) is 0 Å². The zero-order valence-electron chi connectivity index (χ0n) is 12.5. The van der Waals surface area contributed by atoms with Crippen LogP contribution in [0.25, 0.3) is 0 Å². The van der Waals surface area contributed by atoms with Gasteiger partial charge in [0.2, 0.25) is 10.0 Å². The molecule has 8 heteroatoms. The summed E-state index contributed by atoms with van der Waals surface area (Å²) in [4.78, 5) is 11.7. The van der Waals surface area contributed by atoms with Crippen LogP contribution >= 0.6 is 11.6 Å². The second kappa shape index (κ2) is 6.95. The van der Waals surface area contributed by atoms with Crippen LogP contribution in [0.3, 0.4) is 0 Å². The van der Waals surface area contributed by atoms with E-state index in [9.17, 15) is 13.2 Å². The number of benzene rings is 1. The maximum absolute atomic E-state index is 12.8. The van der Waals surface area contributed by atoms with E-state index in [-0.39, 0.29) is 21.5 Å². The molecule has 6 nitrogen and oxygen atoms in total. The molecule has 1 saturated heterocycles. The Balaban J connectivity index is 2.41. The number of carbonyl (C=O) groups is 1. The van der Waals surface area contributed by atoms with Crippen molar-refractivity contribution in [3.63, 3.8) is 0 Å². The summed E-state index contributed by atoms with van der Waals surface area (Å²) in [6, 6.07) is 3.97. The predicted octanol–water partition coefficient (Wildman–Crippen LogP) is 1.50. The van der Waals surface area contributed by atoms with Gasteiger partial charge in [-0.2, -0.15) is 4.31 Å². The Hall–Kier alpha value is -1.15. The van der Waals surface area contributed by atoms with Crippen molar-refractivity contribution in [3.05, 3.63) is 28.8 Å². The Kier molecular flexibility index (Phi) is 5.44. The number of ether oxygens (including phenoxy) is 1. The van der Waals surface area contributed by atoms with Crippen LogP contribution in [0.4, 0.5) is 0 Å². The highest BCUT2D eigenvalue weighted by Gasteiger charge is 2.35. The quantitative estimate of drug-likeness (QED) is 0.818. The minimum atomic E-state index is -3.70. The van der Waals surface area contributed by atoms with Crippen molar-refractivity contribution in [1.29, 1.82) is 0 Å². The van der Waals surface area contributed by atoms with Crippen LogP contribution in [0.5, 0.6) is 0 Å². The first-order chi connectivity index (χ1) is 10.4. The number of hydrogen-bond donors (Lipinski definition) is 1. The van der Waals surface area contributed by atoms with Gasteiger partial charge in [0.1, 0.15) is 0 Å². The fraction of sp³-hybridized carbons (Fsp3) is 0.500. The number of sulfonamides is 1. The number of nitrogens with zero attached hydrogens (tertiary/aromatic N) is 1. The number of methoxy groups -OCH3 is 1. The van der Waals surface area contributed by atoms with Crippen LogP contribution in [0.15, 0.2) is 23.1 Å². The minimum absolute atomic E-state index is 0.0170. The molecule has 0 amide bonds. The number of halogens is 1. The molecular weight excluding hydrogens is 328 g/mol. The third-order valence-electron chi connectivity index (χ3n) is 3.66. The molecule has 0 saturated carbocycles. The fourth-order valence-electron chi connectivity index (χ4n) is 2.65. The molecule has 2 rings (SSSR count). The Labute approximate surface area is 135 Å². The lowest BCUT2D eigenvalue weighted by Crippen LogP contribution is -2.40. The van der Waals surface area contributed by atoms with Gasteiger partial charge in [-0.25, -0.2) is 13.2 Å². The molecule has 1 heterocycles. The van der Waals surface area contributed by atoms with E-state index in [0.29, 0.717) is 13.1 Å². The van der Waals surface area contributed by atoms with E-state index in [1.165, 1.54) is 29.6 Å². The second-order valence-corrected chi connectivity index (χ2v) is 7.46. The van der Waals surface area contributed by atoms with Gasteiger partial charge in [0.05, 0.1) is 17.6 Å². The van der Waals surface area contributed by atoms with Crippen molar-refractivity contribution < 1.29 is 17.9 Å². The van der Waals surface area contributed by atoms with Crippen LogP contribution in [0.2, 0.25) is 5.02 Å². The third kappa shape index (κ3) is 3.43. The summed E-state index contributed by atoms with van der Waals surface area (Å²) < 4.78 is 31.7. The maximum Gasteiger partial charge on any atom is 0.337 e. The van der Waals surface area contributed by atoms with Gasteiger partial charge < -0.3 is 10.1 Å². The molecule has 1 fully saturated rings. The number of nitrogens with one attached hydrogen (secondary N) is 1. The van der Waals surface area contributed by atoms with E-state index >= 15 is 0 Å². The predicted molar refractivity (Wildman–Crippen MR) is 83.6 cm³/mol. The fourth-order valence-corrected chi connectivity index (χ4v) is 4.71. The Bertz CT molecular complexity index is 663. The first-order valence-electron chi connectivity index (χ1n) is 6.95. The monoisotopic (exact) mass is 346 g/mol. The zero-order valence-corrected chi connectivity index (χ0v) is 14.1. The summed E-state index contributed by atoms with van der Waals surface area (Å²) in [5.74, 6) is -0.618. The normalized spacial score (nSPS) is 19.3. The van der Waals surface area contributed by atoms with E-state index < -0.39 is 16.0 Å². The molecule has 1 aromatic carbocycles. The summed E-state index contributed by atoms with van der Waals surface area (Å²) in [5.41, 5.74) is 0.123. The molecule has 0 spiro atoms. The molecule has 122 valence electrons. The smallest absolute Gasteiger partial charge is 0.337 e. The molecule has 0 bridgehead atoms. The first-order valence-corrected chi connectivity index (χ1v) is 8.77. The van der Waals surface area contributed by atoms with E-state index in [2.05, 4.69) is 10.1 Å². The zero-order chi connectivity index (χ0) is 16.3. The SMILES string of the molecule is CNCC1CCCN1S(=O)(=O)c1cc(Cl)cc(C(=O)OC)c1. The number of hydrogen-bond acceptors (Lipinski definition) is 5. The molecule has 22 heavy (non-hydrogen) atoms. The van der Waals surface area contributed by atoms with E-state index in [4.69, 9.17) is 11.6 Å². The van der Waals surface area contributed by atoms with Gasteiger partial charge in [-0.3, -0.25) is 0 Å². The average molecular weight is 347 g/mol. The Morgan fingerprint density at radius 2 is 2.18 bits per heavy atom. The summed E-state index contributed by atoms with van der Waals surface area (Å²) >= 11 is 5.96. The van der Waals surface area contributed by atoms with Crippen molar-refractivity contribution in [2.45, 2.75) is 23.8 Å². The number of likely N-dealkylation sites (N-methyl/N-ethyl adjacent to an activating group) is 1. The van der Waals surface area contributed by atoms with Crippen molar-refractivity contribution in [2.24, 2.45) is 0 Å². The highest BCUT2D eigenvalue weighted by atomic mass is 35.5. The van der Waals surface area contributed by atoms with Crippen molar-refractivity contribution in [2.75, 3.05) is 27.2 Å². The number of esters is 1. The van der Waals surface area contributed by atoms with Crippen LogP contribution in [0, 0.1) is 0 Å². The molecule has 0 aliphatic carbocycles. The van der Waals surface area contributed by atoms with Crippen LogP contribution in [-0.2, 0) is 14.8 Å². The van der Waals surface area contributed by atoms with Crippen molar-refractivity contribution in [3.8, 4) is 0 Å². The molecule has 1 aliphatic rings. The topological polar surface area (TPSA) is 75.7 Å². The van der Waals surface area contributed by atoms with Gasteiger partial charge in [0.15, 0.2) is 0 Å². The molecule has 1 aliphatic heterocycles. The van der Waals surface area contributed by atoms with E-state index in [0.717, 1.165) is 12.8 Å². The molecule has 1 unspecified atom stereocenters. The van der Waals surface area contributed by atoms with E-state index in [1.807, 2.05) is 0 Å². The summed E-state index contributed by atoms with van der Waals surface area (Å²) in [7, 11) is -0.669. The molecule has 1 N–H and O–H groups in total. The molecule has 1 atom stereocenters. The second-order valence-electron chi connectivity index (χ2n) is 5.14. The molecule has 1 aromatic rings. The standard InChI is InChI=1S/C14H19ClN2O4S/c1-16-9-12-4-3-5-17(12)22(19,20)13-7-10(14(18)21-2)6-11(15)8-13/h6-8,12,16H,3-5,9H2,1-2H3. The molecular formula is C14H19ClN2O4S. The lowest BCUT2D eigenvalue weighted by atomic mass is 10.2. The number of rotatable bonds is 5. The summed E-state index contributed by atoms with van der Waals surface area (Å²) in [6.45, 7) is 1.05. The summed E-state index contributed by atoms with van der Waals surface area (Å²) in [6.07, 6.45) is 1.63. The Morgan fingerprint density at radius 1 is 1.45 bits per heavy atom. The van der Waals surface area contributed by atoms with Crippen LogP contribution in [-0.4, -0.2) is 52.0 Å². The van der Waals surface area contributed by atoms with Gasteiger partial charge in [0, 0.05) is 24.2 Å². The maximum atomic E-state index is 12.8. The third-order valence-corrected chi connectivity index (χ3v) is 5.81. The van der Waals surface area contributed by atoms with Crippen molar-refractivity contribution >= 4 is 27.6 Å². The molecule has 0 aromatic heterocycles. The lowest BCUT2D eigenvalue weighted by molar-refractivity contribution is 0.0600. The van der Waals surface area contributed by atoms with Crippen molar-refractivity contribution in [1.82, 2.24) is 9.62 Å².